The molecule has 1 unspecified atom stereocenters. The molecule has 1 aliphatic heterocycles. The Morgan fingerprint density at radius 2 is 2.00 bits per heavy atom. The lowest BCUT2D eigenvalue weighted by atomic mass is 10.1. The predicted octanol–water partition coefficient (Wildman–Crippen LogP) is 5.01. The van der Waals surface area contributed by atoms with Gasteiger partial charge in [-0.2, -0.15) is 0 Å². The molecule has 8 nitrogen and oxygen atoms in total. The number of nitrogens with one attached hydrogen (secondary N) is 1. The molecule has 2 aliphatic rings. The van der Waals surface area contributed by atoms with Gasteiger partial charge >= 0.3 is 0 Å². The Labute approximate surface area is 223 Å². The van der Waals surface area contributed by atoms with Gasteiger partial charge < -0.3 is 19.5 Å². The fourth-order valence-electron chi connectivity index (χ4n) is 4.62. The summed E-state index contributed by atoms with van der Waals surface area (Å²) in [6, 6.07) is 14.1. The largest absolute Gasteiger partial charge is 0.494 e. The third-order valence-corrected chi connectivity index (χ3v) is 6.67. The van der Waals surface area contributed by atoms with Crippen molar-refractivity contribution in [3.05, 3.63) is 66.4 Å². The van der Waals surface area contributed by atoms with Gasteiger partial charge in [-0.3, -0.25) is 9.69 Å². The molecule has 1 N–H and O–H groups in total. The van der Waals surface area contributed by atoms with E-state index in [0.29, 0.717) is 37.3 Å². The summed E-state index contributed by atoms with van der Waals surface area (Å²) in [5.41, 5.74) is 2.49. The van der Waals surface area contributed by atoms with Crippen molar-refractivity contribution in [2.24, 2.45) is 0 Å². The lowest BCUT2D eigenvalue weighted by Crippen LogP contribution is -2.44. The predicted molar refractivity (Wildman–Crippen MR) is 149 cm³/mol. The van der Waals surface area contributed by atoms with E-state index in [4.69, 9.17) is 24.2 Å². The fourth-order valence-corrected chi connectivity index (χ4v) is 4.62. The van der Waals surface area contributed by atoms with Gasteiger partial charge in [0.15, 0.2) is 11.6 Å². The Morgan fingerprint density at radius 3 is 2.82 bits per heavy atom. The highest BCUT2D eigenvalue weighted by molar-refractivity contribution is 5.95. The highest BCUT2D eigenvalue weighted by atomic mass is 16.5. The zero-order chi connectivity index (χ0) is 26.3. The van der Waals surface area contributed by atoms with Gasteiger partial charge in [-0.1, -0.05) is 18.2 Å². The van der Waals surface area contributed by atoms with Gasteiger partial charge in [0.1, 0.15) is 17.3 Å². The Bertz CT molecular complexity index is 1350. The number of ether oxygens (including phenoxy) is 3. The van der Waals surface area contributed by atoms with Crippen LogP contribution in [-0.4, -0.2) is 66.2 Å². The number of rotatable bonds is 10. The average molecular weight is 515 g/mol. The molecule has 0 saturated carbocycles. The van der Waals surface area contributed by atoms with E-state index < -0.39 is 0 Å². The van der Waals surface area contributed by atoms with E-state index in [1.807, 2.05) is 55.5 Å². The number of allylic oxidation sites excluding steroid dienone is 3. The minimum atomic E-state index is 0.0821. The third-order valence-electron chi connectivity index (χ3n) is 6.67. The van der Waals surface area contributed by atoms with E-state index in [1.165, 1.54) is 0 Å². The van der Waals surface area contributed by atoms with Crippen molar-refractivity contribution in [1.82, 2.24) is 14.9 Å². The second-order valence-electron chi connectivity index (χ2n) is 9.49. The van der Waals surface area contributed by atoms with Crippen LogP contribution in [-0.2, 0) is 9.53 Å². The number of aromatic nitrogens is 2. The first-order valence-corrected chi connectivity index (χ1v) is 13.3. The van der Waals surface area contributed by atoms with Crippen LogP contribution in [0.2, 0.25) is 0 Å². The molecule has 5 rings (SSSR count). The molecule has 1 fully saturated rings. The maximum Gasteiger partial charge on any atom is 0.162 e. The van der Waals surface area contributed by atoms with Gasteiger partial charge in [-0.05, 0) is 62.8 Å². The number of carbonyl (C=O) groups excluding carboxylic acids is 1. The van der Waals surface area contributed by atoms with Crippen molar-refractivity contribution >= 4 is 22.5 Å². The van der Waals surface area contributed by atoms with Crippen molar-refractivity contribution in [2.45, 2.75) is 32.7 Å². The lowest BCUT2D eigenvalue weighted by molar-refractivity contribution is -0.113. The number of nitrogens with zero attached hydrogens (tertiary/aromatic N) is 3. The van der Waals surface area contributed by atoms with Crippen molar-refractivity contribution in [3.8, 4) is 22.9 Å². The molecule has 38 heavy (non-hydrogen) atoms. The number of benzene rings is 2. The number of morpholine rings is 1. The van der Waals surface area contributed by atoms with Gasteiger partial charge in [0.25, 0.3) is 0 Å². The van der Waals surface area contributed by atoms with Crippen LogP contribution in [0, 0.1) is 0 Å². The number of hydrogen-bond donors (Lipinski definition) is 1. The number of carbonyl (C=O) groups is 1. The molecule has 1 aromatic heterocycles. The normalized spacial score (nSPS) is 17.9. The maximum atomic E-state index is 11.6. The molecule has 198 valence electrons. The summed E-state index contributed by atoms with van der Waals surface area (Å²) >= 11 is 0. The highest BCUT2D eigenvalue weighted by Gasteiger charge is 2.18. The third kappa shape index (κ3) is 6.38. The number of fused-ring (bicyclic) bond motifs is 1. The molecular weight excluding hydrogens is 480 g/mol. The molecule has 3 aromatic rings. The first kappa shape index (κ1) is 25.9. The van der Waals surface area contributed by atoms with Crippen LogP contribution >= 0.6 is 0 Å². The highest BCUT2D eigenvalue weighted by Crippen LogP contribution is 2.30. The minimum absolute atomic E-state index is 0.0821. The molecular formula is C30H34N4O4. The minimum Gasteiger partial charge on any atom is -0.494 e. The van der Waals surface area contributed by atoms with Crippen LogP contribution in [0.3, 0.4) is 0 Å². The lowest BCUT2D eigenvalue weighted by Gasteiger charge is -2.33. The molecule has 2 aromatic carbocycles. The smallest absolute Gasteiger partial charge is 0.162 e. The van der Waals surface area contributed by atoms with E-state index >= 15 is 0 Å². The Morgan fingerprint density at radius 1 is 1.11 bits per heavy atom. The summed E-state index contributed by atoms with van der Waals surface area (Å²) in [6.45, 7) is 8.93. The molecule has 2 heterocycles. The van der Waals surface area contributed by atoms with E-state index in [1.54, 1.807) is 12.2 Å². The topological polar surface area (TPSA) is 85.8 Å². The fraction of sp³-hybridized carbons (Fsp3) is 0.367. The van der Waals surface area contributed by atoms with Crippen LogP contribution in [0.15, 0.2) is 66.4 Å². The quantitative estimate of drug-likeness (QED) is 0.378. The summed E-state index contributed by atoms with van der Waals surface area (Å²) in [4.78, 5) is 23.8. The van der Waals surface area contributed by atoms with Crippen LogP contribution in [0.1, 0.15) is 26.7 Å². The van der Waals surface area contributed by atoms with Crippen molar-refractivity contribution < 1.29 is 19.0 Å². The first-order valence-electron chi connectivity index (χ1n) is 13.3. The molecule has 0 bridgehead atoms. The number of ketones is 1. The van der Waals surface area contributed by atoms with Crippen LogP contribution in [0.5, 0.6) is 11.5 Å². The van der Waals surface area contributed by atoms with Crippen LogP contribution in [0.25, 0.3) is 22.3 Å². The molecule has 0 radical (unpaired) electrons. The van der Waals surface area contributed by atoms with Gasteiger partial charge in [0.05, 0.1) is 31.9 Å². The molecule has 1 saturated heterocycles. The Balaban J connectivity index is 1.35. The van der Waals surface area contributed by atoms with E-state index in [9.17, 15) is 4.79 Å². The van der Waals surface area contributed by atoms with Crippen molar-refractivity contribution in [3.63, 3.8) is 0 Å². The van der Waals surface area contributed by atoms with Gasteiger partial charge in [-0.15, -0.1) is 0 Å². The Kier molecular flexibility index (Phi) is 8.31. The summed E-state index contributed by atoms with van der Waals surface area (Å²) in [6.07, 6.45) is 6.54. The molecule has 0 spiro atoms. The summed E-state index contributed by atoms with van der Waals surface area (Å²) in [5.74, 6) is 2.87. The SMILES string of the molecule is CCOc1ccc2nc(-c3cccc(OCCCN4CCOCC4C)c3)nc(NC3=CCC(=O)C=C3)c2c1. The van der Waals surface area contributed by atoms with E-state index in [-0.39, 0.29) is 5.78 Å². The summed E-state index contributed by atoms with van der Waals surface area (Å²) in [7, 11) is 0. The van der Waals surface area contributed by atoms with E-state index in [0.717, 1.165) is 66.4 Å². The molecule has 0 amide bonds. The molecule has 8 heteroatoms. The standard InChI is InChI=1S/C30H34N4O4/c1-3-37-26-12-13-28-27(19-26)30(31-23-8-10-24(35)11-9-23)33-29(32-28)22-6-4-7-25(18-22)38-16-5-14-34-15-17-36-20-21(34)2/h4,6-10,12-13,18-19,21H,3,5,11,14-17,20H2,1-2H3,(H,31,32,33). The average Bonchev–Trinajstić information content (AvgIpc) is 2.94. The van der Waals surface area contributed by atoms with Gasteiger partial charge in [-0.25, -0.2) is 9.97 Å². The zero-order valence-corrected chi connectivity index (χ0v) is 22.0. The molecule has 1 aliphatic carbocycles. The summed E-state index contributed by atoms with van der Waals surface area (Å²) in [5, 5.41) is 4.23. The van der Waals surface area contributed by atoms with Crippen molar-refractivity contribution in [1.29, 1.82) is 0 Å². The van der Waals surface area contributed by atoms with Gasteiger partial charge in [0.2, 0.25) is 0 Å². The number of hydrogen-bond acceptors (Lipinski definition) is 8. The zero-order valence-electron chi connectivity index (χ0n) is 22.0. The van der Waals surface area contributed by atoms with Crippen LogP contribution in [0.4, 0.5) is 5.82 Å². The second-order valence-corrected chi connectivity index (χ2v) is 9.49. The van der Waals surface area contributed by atoms with E-state index in [2.05, 4.69) is 17.1 Å². The number of anilines is 1. The van der Waals surface area contributed by atoms with Crippen LogP contribution < -0.4 is 14.8 Å². The maximum absolute atomic E-state index is 11.6. The summed E-state index contributed by atoms with van der Waals surface area (Å²) < 4.78 is 17.3. The first-order chi connectivity index (χ1) is 18.6. The molecule has 1 atom stereocenters. The second kappa shape index (κ2) is 12.2. The van der Waals surface area contributed by atoms with Crippen molar-refractivity contribution in [2.75, 3.05) is 44.8 Å². The Hall–Kier alpha value is -3.75. The monoisotopic (exact) mass is 514 g/mol. The van der Waals surface area contributed by atoms with Gasteiger partial charge in [0, 0.05) is 42.2 Å².